The van der Waals surface area contributed by atoms with E-state index in [1.165, 1.54) is 0 Å². The fourth-order valence-corrected chi connectivity index (χ4v) is 5.15. The third-order valence-electron chi connectivity index (χ3n) is 2.48. The van der Waals surface area contributed by atoms with Crippen molar-refractivity contribution >= 4 is 70.7 Å². The van der Waals surface area contributed by atoms with E-state index in [2.05, 4.69) is 52.8 Å². The Morgan fingerprint density at radius 3 is 2.50 bits per heavy atom. The Labute approximate surface area is 152 Å². The van der Waals surface area contributed by atoms with Gasteiger partial charge in [-0.25, -0.2) is 4.98 Å². The molecule has 0 radical (unpaired) electrons. The van der Waals surface area contributed by atoms with E-state index < -0.39 is 0 Å². The van der Waals surface area contributed by atoms with Crippen molar-refractivity contribution < 1.29 is 4.74 Å². The molecule has 2 rings (SSSR count). The topological polar surface area (TPSA) is 22.1 Å². The van der Waals surface area contributed by atoms with Gasteiger partial charge >= 0.3 is 0 Å². The number of aromatic nitrogens is 1. The van der Waals surface area contributed by atoms with Crippen molar-refractivity contribution in [1.82, 2.24) is 4.98 Å². The molecule has 0 fully saturated rings. The van der Waals surface area contributed by atoms with Crippen LogP contribution >= 0.6 is 70.7 Å². The highest BCUT2D eigenvalue weighted by molar-refractivity contribution is 9.11. The van der Waals surface area contributed by atoms with E-state index in [4.69, 9.17) is 16.3 Å². The minimum absolute atomic E-state index is 0.478. The van der Waals surface area contributed by atoms with Gasteiger partial charge in [0, 0.05) is 16.3 Å². The maximum absolute atomic E-state index is 5.81. The number of rotatable bonds is 6. The summed E-state index contributed by atoms with van der Waals surface area (Å²) < 4.78 is 8.67. The highest BCUT2D eigenvalue weighted by Crippen LogP contribution is 2.36. The van der Waals surface area contributed by atoms with Gasteiger partial charge in [0.1, 0.15) is 5.75 Å². The minimum atomic E-state index is 0.478. The lowest BCUT2D eigenvalue weighted by molar-refractivity contribution is 0.307. The molecule has 2 nitrogen and oxygen atoms in total. The smallest absolute Gasteiger partial charge is 0.147 e. The highest BCUT2D eigenvalue weighted by atomic mass is 79.9. The largest absolute Gasteiger partial charge is 0.491 e. The third kappa shape index (κ3) is 4.70. The van der Waals surface area contributed by atoms with Crippen LogP contribution in [0.25, 0.3) is 0 Å². The number of benzene rings is 1. The number of thiazole rings is 1. The van der Waals surface area contributed by atoms with Crippen molar-refractivity contribution in [2.24, 2.45) is 0 Å². The summed E-state index contributed by atoms with van der Waals surface area (Å²) >= 11 is 17.8. The van der Waals surface area contributed by atoms with E-state index >= 15 is 0 Å². The molecular weight excluding hydrogens is 493 g/mol. The number of hydrogen-bond acceptors (Lipinski definition) is 3. The van der Waals surface area contributed by atoms with E-state index in [0.29, 0.717) is 12.5 Å². The van der Waals surface area contributed by atoms with Gasteiger partial charge < -0.3 is 4.74 Å². The molecule has 7 heteroatoms. The normalized spacial score (nSPS) is 10.8. The lowest BCUT2D eigenvalue weighted by Gasteiger charge is -2.10. The SMILES string of the molecule is ClCc1csc(CCCOc2c(Br)cc(Br)cc2Br)n1. The lowest BCUT2D eigenvalue weighted by atomic mass is 10.3. The molecule has 0 aliphatic carbocycles. The molecule has 1 aromatic carbocycles. The third-order valence-corrected chi connectivity index (χ3v) is 5.35. The van der Waals surface area contributed by atoms with Crippen molar-refractivity contribution in [1.29, 1.82) is 0 Å². The first-order chi connectivity index (χ1) is 9.60. The van der Waals surface area contributed by atoms with Gasteiger partial charge in [-0.05, 0) is 50.4 Å². The van der Waals surface area contributed by atoms with Crippen molar-refractivity contribution in [3.63, 3.8) is 0 Å². The second kappa shape index (κ2) is 8.13. The number of ether oxygens (including phenoxy) is 1. The van der Waals surface area contributed by atoms with Gasteiger partial charge in [-0.3, -0.25) is 0 Å². The van der Waals surface area contributed by atoms with Crippen molar-refractivity contribution in [3.8, 4) is 5.75 Å². The Balaban J connectivity index is 1.84. The van der Waals surface area contributed by atoms with Crippen LogP contribution in [0.4, 0.5) is 0 Å². The zero-order valence-electron chi connectivity index (χ0n) is 10.3. The zero-order chi connectivity index (χ0) is 14.5. The van der Waals surface area contributed by atoms with Crippen molar-refractivity contribution in [2.75, 3.05) is 6.61 Å². The first kappa shape index (κ1) is 16.7. The van der Waals surface area contributed by atoms with Crippen molar-refractivity contribution in [2.45, 2.75) is 18.7 Å². The lowest BCUT2D eigenvalue weighted by Crippen LogP contribution is -2.00. The molecule has 2 aromatic rings. The molecule has 0 saturated heterocycles. The number of nitrogens with zero attached hydrogens (tertiary/aromatic N) is 1. The van der Waals surface area contributed by atoms with E-state index in [1.807, 2.05) is 17.5 Å². The summed E-state index contributed by atoms with van der Waals surface area (Å²) in [6, 6.07) is 3.93. The molecule has 1 heterocycles. The maximum atomic E-state index is 5.81. The van der Waals surface area contributed by atoms with E-state index in [-0.39, 0.29) is 0 Å². The molecular formula is C13H11Br3ClNOS. The van der Waals surface area contributed by atoms with Gasteiger partial charge in [0.05, 0.1) is 32.1 Å². The van der Waals surface area contributed by atoms with E-state index in [9.17, 15) is 0 Å². The Hall–Kier alpha value is 0.380. The minimum Gasteiger partial charge on any atom is -0.491 e. The van der Waals surface area contributed by atoms with Gasteiger partial charge in [0.25, 0.3) is 0 Å². The van der Waals surface area contributed by atoms with E-state index in [0.717, 1.165) is 42.7 Å². The van der Waals surface area contributed by atoms with Crippen LogP contribution in [0, 0.1) is 0 Å². The molecule has 0 atom stereocenters. The van der Waals surface area contributed by atoms with Crippen LogP contribution in [0.2, 0.25) is 0 Å². The van der Waals surface area contributed by atoms with Gasteiger partial charge in [-0.2, -0.15) is 0 Å². The maximum Gasteiger partial charge on any atom is 0.147 e. The zero-order valence-corrected chi connectivity index (χ0v) is 16.7. The Bertz CT molecular complexity index is 568. The summed E-state index contributed by atoms with van der Waals surface area (Å²) in [7, 11) is 0. The second-order valence-corrected chi connectivity index (χ2v) is 7.85. The first-order valence-electron chi connectivity index (χ1n) is 5.86. The standard InChI is InChI=1S/C13H11Br3ClNOS/c14-8-4-10(15)13(11(16)5-8)19-3-1-2-12-18-9(6-17)7-20-12/h4-5,7H,1-3,6H2. The molecule has 0 bridgehead atoms. The summed E-state index contributed by atoms with van der Waals surface area (Å²) in [6.45, 7) is 0.647. The number of halogens is 4. The van der Waals surface area contributed by atoms with Crippen LogP contribution in [0.1, 0.15) is 17.1 Å². The average molecular weight is 504 g/mol. The molecule has 0 saturated carbocycles. The summed E-state index contributed by atoms with van der Waals surface area (Å²) in [5.74, 6) is 1.31. The monoisotopic (exact) mass is 501 g/mol. The summed E-state index contributed by atoms with van der Waals surface area (Å²) in [6.07, 6.45) is 1.83. The van der Waals surface area contributed by atoms with Crippen LogP contribution in [0.5, 0.6) is 5.75 Å². The first-order valence-corrected chi connectivity index (χ1v) is 9.66. The van der Waals surface area contributed by atoms with Crippen LogP contribution in [0.3, 0.4) is 0 Å². The fourth-order valence-electron chi connectivity index (χ4n) is 1.59. The number of alkyl halides is 1. The van der Waals surface area contributed by atoms with Gasteiger partial charge in [-0.15, -0.1) is 22.9 Å². The molecule has 0 spiro atoms. The number of aryl methyl sites for hydroxylation is 1. The van der Waals surface area contributed by atoms with Gasteiger partial charge in [0.15, 0.2) is 0 Å². The highest BCUT2D eigenvalue weighted by Gasteiger charge is 2.08. The molecule has 0 N–H and O–H groups in total. The van der Waals surface area contributed by atoms with E-state index in [1.54, 1.807) is 11.3 Å². The Kier molecular flexibility index (Phi) is 6.81. The molecule has 20 heavy (non-hydrogen) atoms. The van der Waals surface area contributed by atoms with Crippen LogP contribution in [-0.2, 0) is 12.3 Å². The quantitative estimate of drug-likeness (QED) is 0.346. The fraction of sp³-hybridized carbons (Fsp3) is 0.308. The van der Waals surface area contributed by atoms with Crippen LogP contribution < -0.4 is 4.74 Å². The van der Waals surface area contributed by atoms with Crippen LogP contribution in [0.15, 0.2) is 30.9 Å². The molecule has 0 aliphatic heterocycles. The molecule has 0 amide bonds. The summed E-state index contributed by atoms with van der Waals surface area (Å²) in [5.41, 5.74) is 0.950. The Morgan fingerprint density at radius 1 is 1.20 bits per heavy atom. The van der Waals surface area contributed by atoms with Gasteiger partial charge in [0.2, 0.25) is 0 Å². The second-order valence-electron chi connectivity index (χ2n) is 4.02. The number of hydrogen-bond donors (Lipinski definition) is 0. The summed E-state index contributed by atoms with van der Waals surface area (Å²) in [5, 5.41) is 3.11. The van der Waals surface area contributed by atoms with Gasteiger partial charge in [-0.1, -0.05) is 15.9 Å². The molecule has 108 valence electrons. The Morgan fingerprint density at radius 2 is 1.90 bits per heavy atom. The summed E-state index contributed by atoms with van der Waals surface area (Å²) in [4.78, 5) is 4.43. The molecule has 0 unspecified atom stereocenters. The predicted octanol–water partition coefficient (Wildman–Crippen LogP) is 6.18. The van der Waals surface area contributed by atoms with Crippen molar-refractivity contribution in [3.05, 3.63) is 41.6 Å². The van der Waals surface area contributed by atoms with Crippen LogP contribution in [-0.4, -0.2) is 11.6 Å². The molecule has 1 aromatic heterocycles. The predicted molar refractivity (Wildman–Crippen MR) is 95.0 cm³/mol. The average Bonchev–Trinajstić information content (AvgIpc) is 2.84. The molecule has 0 aliphatic rings.